The standard InChI is InChI=1S/C15H27N3O4/c1-12(2)7-14-8-18(17-16-14)5-6-20-11-21-10-15(19)22-9-13(3)4/h8,12-13H,5-7,9-11H2,1-4H3. The quantitative estimate of drug-likeness (QED) is 0.351. The Bertz CT molecular complexity index is 432. The number of rotatable bonds is 11. The number of ether oxygens (including phenoxy) is 3. The average Bonchev–Trinajstić information content (AvgIpc) is 2.87. The third-order valence-electron chi connectivity index (χ3n) is 2.63. The highest BCUT2D eigenvalue weighted by Gasteiger charge is 2.05. The highest BCUT2D eigenvalue weighted by molar-refractivity contribution is 5.70. The molecule has 1 aromatic rings. The van der Waals surface area contributed by atoms with Crippen LogP contribution in [0.3, 0.4) is 0 Å². The summed E-state index contributed by atoms with van der Waals surface area (Å²) < 4.78 is 17.1. The van der Waals surface area contributed by atoms with Gasteiger partial charge in [-0.2, -0.15) is 0 Å². The van der Waals surface area contributed by atoms with E-state index in [2.05, 4.69) is 24.2 Å². The molecule has 0 aliphatic carbocycles. The Hall–Kier alpha value is -1.47. The van der Waals surface area contributed by atoms with Gasteiger partial charge in [0, 0.05) is 6.20 Å². The van der Waals surface area contributed by atoms with Crippen molar-refractivity contribution in [3.63, 3.8) is 0 Å². The Morgan fingerprint density at radius 2 is 2.00 bits per heavy atom. The Balaban J connectivity index is 2.03. The molecule has 7 heteroatoms. The van der Waals surface area contributed by atoms with Crippen LogP contribution in [0.5, 0.6) is 0 Å². The van der Waals surface area contributed by atoms with Gasteiger partial charge in [-0.25, -0.2) is 9.48 Å². The lowest BCUT2D eigenvalue weighted by Gasteiger charge is -2.08. The molecule has 0 spiro atoms. The van der Waals surface area contributed by atoms with Gasteiger partial charge in [-0.1, -0.05) is 32.9 Å². The van der Waals surface area contributed by atoms with Gasteiger partial charge >= 0.3 is 5.97 Å². The molecule has 0 radical (unpaired) electrons. The van der Waals surface area contributed by atoms with Gasteiger partial charge in [0.2, 0.25) is 0 Å². The summed E-state index contributed by atoms with van der Waals surface area (Å²) in [6.45, 7) is 9.68. The third-order valence-corrected chi connectivity index (χ3v) is 2.63. The molecule has 0 fully saturated rings. The Kier molecular flexibility index (Phi) is 8.69. The fraction of sp³-hybridized carbons (Fsp3) is 0.800. The average molecular weight is 313 g/mol. The smallest absolute Gasteiger partial charge is 0.332 e. The van der Waals surface area contributed by atoms with Crippen molar-refractivity contribution in [3.8, 4) is 0 Å². The van der Waals surface area contributed by atoms with Gasteiger partial charge in [0.25, 0.3) is 0 Å². The fourth-order valence-corrected chi connectivity index (χ4v) is 1.66. The number of aromatic nitrogens is 3. The predicted octanol–water partition coefficient (Wildman–Crippen LogP) is 1.67. The van der Waals surface area contributed by atoms with Crippen molar-refractivity contribution in [2.24, 2.45) is 11.8 Å². The molecule has 0 saturated heterocycles. The first-order chi connectivity index (χ1) is 10.5. The van der Waals surface area contributed by atoms with Crippen molar-refractivity contribution in [1.29, 1.82) is 0 Å². The summed E-state index contributed by atoms with van der Waals surface area (Å²) in [5.41, 5.74) is 0.985. The van der Waals surface area contributed by atoms with Crippen LogP contribution in [0.4, 0.5) is 0 Å². The van der Waals surface area contributed by atoms with Crippen LogP contribution in [0, 0.1) is 11.8 Å². The Labute approximate surface area is 131 Å². The van der Waals surface area contributed by atoms with Gasteiger partial charge < -0.3 is 14.2 Å². The number of hydrogen-bond acceptors (Lipinski definition) is 6. The summed E-state index contributed by atoms with van der Waals surface area (Å²) in [6, 6.07) is 0. The second-order valence-electron chi connectivity index (χ2n) is 6.02. The van der Waals surface area contributed by atoms with Gasteiger partial charge in [-0.05, 0) is 18.3 Å². The monoisotopic (exact) mass is 313 g/mol. The maximum Gasteiger partial charge on any atom is 0.332 e. The first-order valence-corrected chi connectivity index (χ1v) is 7.67. The lowest BCUT2D eigenvalue weighted by molar-refractivity contribution is -0.155. The molecule has 0 N–H and O–H groups in total. The van der Waals surface area contributed by atoms with Gasteiger partial charge in [0.15, 0.2) is 0 Å². The summed E-state index contributed by atoms with van der Waals surface area (Å²) in [5.74, 6) is 0.514. The molecular weight excluding hydrogens is 286 g/mol. The van der Waals surface area contributed by atoms with E-state index in [-0.39, 0.29) is 19.4 Å². The molecule has 0 aromatic carbocycles. The van der Waals surface area contributed by atoms with Gasteiger partial charge in [0.1, 0.15) is 13.4 Å². The number of hydrogen-bond donors (Lipinski definition) is 0. The summed E-state index contributed by atoms with van der Waals surface area (Å²) >= 11 is 0. The largest absolute Gasteiger partial charge is 0.464 e. The van der Waals surface area contributed by atoms with E-state index in [0.29, 0.717) is 31.6 Å². The topological polar surface area (TPSA) is 75.5 Å². The normalized spacial score (nSPS) is 11.4. The van der Waals surface area contributed by atoms with Crippen molar-refractivity contribution >= 4 is 5.97 Å². The van der Waals surface area contributed by atoms with Gasteiger partial charge in [-0.15, -0.1) is 5.10 Å². The minimum atomic E-state index is -0.369. The molecule has 22 heavy (non-hydrogen) atoms. The lowest BCUT2D eigenvalue weighted by atomic mass is 10.1. The highest BCUT2D eigenvalue weighted by atomic mass is 16.7. The zero-order valence-corrected chi connectivity index (χ0v) is 13.9. The summed E-state index contributed by atoms with van der Waals surface area (Å²) in [5, 5.41) is 8.12. The fourth-order valence-electron chi connectivity index (χ4n) is 1.66. The van der Waals surface area contributed by atoms with Crippen LogP contribution in [0.1, 0.15) is 33.4 Å². The van der Waals surface area contributed by atoms with E-state index in [0.717, 1.165) is 12.1 Å². The number of carbonyl (C=O) groups is 1. The molecule has 0 bridgehead atoms. The molecule has 0 atom stereocenters. The number of esters is 1. The second-order valence-corrected chi connectivity index (χ2v) is 6.02. The van der Waals surface area contributed by atoms with Crippen LogP contribution in [-0.2, 0) is 32.0 Å². The molecule has 0 aliphatic rings. The van der Waals surface area contributed by atoms with Crippen LogP contribution < -0.4 is 0 Å². The molecule has 0 saturated carbocycles. The van der Waals surface area contributed by atoms with Crippen LogP contribution in [0.25, 0.3) is 0 Å². The molecule has 0 unspecified atom stereocenters. The van der Waals surface area contributed by atoms with Crippen molar-refractivity contribution in [2.75, 3.05) is 26.6 Å². The van der Waals surface area contributed by atoms with Crippen molar-refractivity contribution < 1.29 is 19.0 Å². The molecule has 0 aliphatic heterocycles. The van der Waals surface area contributed by atoms with E-state index in [4.69, 9.17) is 14.2 Å². The molecule has 7 nitrogen and oxygen atoms in total. The molecule has 126 valence electrons. The number of nitrogens with zero attached hydrogens (tertiary/aromatic N) is 3. The third kappa shape index (κ3) is 8.74. The van der Waals surface area contributed by atoms with Crippen LogP contribution in [-0.4, -0.2) is 47.6 Å². The minimum Gasteiger partial charge on any atom is -0.464 e. The molecule has 1 rings (SSSR count). The first-order valence-electron chi connectivity index (χ1n) is 7.67. The van der Waals surface area contributed by atoms with E-state index in [1.165, 1.54) is 0 Å². The van der Waals surface area contributed by atoms with Crippen molar-refractivity contribution in [1.82, 2.24) is 15.0 Å². The van der Waals surface area contributed by atoms with E-state index in [9.17, 15) is 4.79 Å². The molecule has 1 aromatic heterocycles. The van der Waals surface area contributed by atoms with E-state index in [1.807, 2.05) is 20.0 Å². The summed E-state index contributed by atoms with van der Waals surface area (Å²) in [4.78, 5) is 11.3. The SMILES string of the molecule is CC(C)COC(=O)COCOCCn1cc(CC(C)C)nn1. The zero-order valence-electron chi connectivity index (χ0n) is 13.9. The maximum absolute atomic E-state index is 11.3. The van der Waals surface area contributed by atoms with Crippen LogP contribution in [0.15, 0.2) is 6.20 Å². The summed E-state index contributed by atoms with van der Waals surface area (Å²) in [6.07, 6.45) is 2.84. The Morgan fingerprint density at radius 1 is 1.23 bits per heavy atom. The second kappa shape index (κ2) is 10.3. The molecule has 0 amide bonds. The van der Waals surface area contributed by atoms with Gasteiger partial charge in [-0.3, -0.25) is 0 Å². The number of carbonyl (C=O) groups excluding carboxylic acids is 1. The van der Waals surface area contributed by atoms with Crippen molar-refractivity contribution in [3.05, 3.63) is 11.9 Å². The maximum atomic E-state index is 11.3. The molecule has 1 heterocycles. The van der Waals surface area contributed by atoms with Crippen LogP contribution >= 0.6 is 0 Å². The zero-order chi connectivity index (χ0) is 16.4. The van der Waals surface area contributed by atoms with E-state index in [1.54, 1.807) is 4.68 Å². The van der Waals surface area contributed by atoms with Crippen LogP contribution in [0.2, 0.25) is 0 Å². The minimum absolute atomic E-state index is 0.0598. The lowest BCUT2D eigenvalue weighted by Crippen LogP contribution is -2.17. The van der Waals surface area contributed by atoms with E-state index >= 15 is 0 Å². The predicted molar refractivity (Wildman–Crippen MR) is 81.1 cm³/mol. The first kappa shape index (κ1) is 18.6. The Morgan fingerprint density at radius 3 is 2.68 bits per heavy atom. The highest BCUT2D eigenvalue weighted by Crippen LogP contribution is 2.03. The molecular formula is C15H27N3O4. The van der Waals surface area contributed by atoms with Gasteiger partial charge in [0.05, 0.1) is 25.5 Å². The van der Waals surface area contributed by atoms with Crippen molar-refractivity contribution in [2.45, 2.75) is 40.7 Å². The van der Waals surface area contributed by atoms with E-state index < -0.39 is 0 Å². The summed E-state index contributed by atoms with van der Waals surface area (Å²) in [7, 11) is 0.